The third kappa shape index (κ3) is 3.20. The van der Waals surface area contributed by atoms with Crippen LogP contribution < -0.4 is 10.2 Å². The number of carbonyl (C=O) groups is 3. The van der Waals surface area contributed by atoms with Gasteiger partial charge in [-0.2, -0.15) is 0 Å². The largest absolute Gasteiger partial charge is 0.356 e. The van der Waals surface area contributed by atoms with Crippen LogP contribution in [0.5, 0.6) is 0 Å². The number of rotatable bonds is 6. The highest BCUT2D eigenvalue weighted by Crippen LogP contribution is 2.43. The van der Waals surface area contributed by atoms with Crippen molar-refractivity contribution in [2.45, 2.75) is 38.3 Å². The molecule has 0 spiro atoms. The number of carbonyl (C=O) groups excluding carboxylic acids is 3. The summed E-state index contributed by atoms with van der Waals surface area (Å²) in [5.41, 5.74) is 0.488. The van der Waals surface area contributed by atoms with Gasteiger partial charge in [0.1, 0.15) is 5.66 Å². The van der Waals surface area contributed by atoms with Crippen LogP contribution in [0, 0.1) is 0 Å². The Bertz CT molecular complexity index is 911. The lowest BCUT2D eigenvalue weighted by Crippen LogP contribution is -2.62. The van der Waals surface area contributed by atoms with Gasteiger partial charge < -0.3 is 10.2 Å². The summed E-state index contributed by atoms with van der Waals surface area (Å²) in [7, 11) is 0. The van der Waals surface area contributed by atoms with E-state index < -0.39 is 5.66 Å². The summed E-state index contributed by atoms with van der Waals surface area (Å²) < 4.78 is 0. The first-order chi connectivity index (χ1) is 13.5. The molecule has 0 saturated carbocycles. The van der Waals surface area contributed by atoms with E-state index in [0.29, 0.717) is 30.6 Å². The van der Waals surface area contributed by atoms with Gasteiger partial charge in [-0.05, 0) is 43.3 Å². The van der Waals surface area contributed by atoms with Crippen molar-refractivity contribution in [3.05, 3.63) is 52.2 Å². The molecule has 6 nitrogen and oxygen atoms in total. The van der Waals surface area contributed by atoms with E-state index in [1.807, 2.05) is 36.6 Å². The first-order valence-corrected chi connectivity index (χ1v) is 10.4. The van der Waals surface area contributed by atoms with Crippen molar-refractivity contribution in [1.82, 2.24) is 10.2 Å². The van der Waals surface area contributed by atoms with Gasteiger partial charge in [-0.3, -0.25) is 19.3 Å². The Kier molecular flexibility index (Phi) is 4.93. The summed E-state index contributed by atoms with van der Waals surface area (Å²) in [4.78, 5) is 42.6. The summed E-state index contributed by atoms with van der Waals surface area (Å²) in [6.45, 7) is 2.79. The van der Waals surface area contributed by atoms with Crippen molar-refractivity contribution in [1.29, 1.82) is 0 Å². The number of hydrogen-bond donors (Lipinski definition) is 1. The number of hydrogen-bond acceptors (Lipinski definition) is 4. The molecule has 1 aromatic carbocycles. The molecule has 1 N–H and O–H groups in total. The predicted molar refractivity (Wildman–Crippen MR) is 108 cm³/mol. The zero-order valence-electron chi connectivity index (χ0n) is 15.8. The standard InChI is InChI=1S/C21H23N3O3S/c1-21-11-8-19(26)24(21)17-7-3-2-6-16(17)20(27)23(21)13-10-18(25)22-12-9-15-5-4-14-28-15/h2-7,14H,8-13H2,1H3,(H,22,25)/t21-/m0/s1. The summed E-state index contributed by atoms with van der Waals surface area (Å²) in [6.07, 6.45) is 2.00. The van der Waals surface area contributed by atoms with E-state index in [-0.39, 0.29) is 30.7 Å². The van der Waals surface area contributed by atoms with E-state index in [1.165, 1.54) is 4.88 Å². The molecule has 1 aromatic heterocycles. The van der Waals surface area contributed by atoms with Crippen LogP contribution in [0.25, 0.3) is 0 Å². The molecular weight excluding hydrogens is 374 g/mol. The van der Waals surface area contributed by atoms with Crippen LogP contribution in [0.1, 0.15) is 41.4 Å². The smallest absolute Gasteiger partial charge is 0.257 e. The highest BCUT2D eigenvalue weighted by molar-refractivity contribution is 7.09. The molecular formula is C21H23N3O3S. The Hall–Kier alpha value is -2.67. The van der Waals surface area contributed by atoms with Gasteiger partial charge in [-0.25, -0.2) is 0 Å². The average molecular weight is 398 g/mol. The number of amides is 3. The number of anilines is 1. The molecule has 2 aliphatic heterocycles. The molecule has 28 heavy (non-hydrogen) atoms. The van der Waals surface area contributed by atoms with Crippen molar-refractivity contribution < 1.29 is 14.4 Å². The number of nitrogens with zero attached hydrogens (tertiary/aromatic N) is 2. The van der Waals surface area contributed by atoms with Crippen LogP contribution in [-0.4, -0.2) is 41.4 Å². The average Bonchev–Trinajstić information content (AvgIpc) is 3.30. The summed E-state index contributed by atoms with van der Waals surface area (Å²) in [5.74, 6) is -0.175. The molecule has 1 atom stereocenters. The molecule has 2 aliphatic rings. The van der Waals surface area contributed by atoms with Crippen LogP contribution in [0.15, 0.2) is 41.8 Å². The molecule has 0 radical (unpaired) electrons. The van der Waals surface area contributed by atoms with Gasteiger partial charge in [-0.1, -0.05) is 18.2 Å². The first-order valence-electron chi connectivity index (χ1n) is 9.54. The quantitative estimate of drug-likeness (QED) is 0.815. The van der Waals surface area contributed by atoms with Crippen molar-refractivity contribution in [3.8, 4) is 0 Å². The normalized spacial score (nSPS) is 20.9. The monoisotopic (exact) mass is 397 g/mol. The van der Waals surface area contributed by atoms with E-state index in [1.54, 1.807) is 33.3 Å². The highest BCUT2D eigenvalue weighted by atomic mass is 32.1. The third-order valence-corrected chi connectivity index (χ3v) is 6.52. The minimum absolute atomic E-state index is 0.0212. The lowest BCUT2D eigenvalue weighted by atomic mass is 9.98. The van der Waals surface area contributed by atoms with Crippen molar-refractivity contribution in [2.24, 2.45) is 0 Å². The lowest BCUT2D eigenvalue weighted by Gasteiger charge is -2.48. The van der Waals surface area contributed by atoms with Gasteiger partial charge in [-0.15, -0.1) is 11.3 Å². The molecule has 3 amide bonds. The molecule has 1 fully saturated rings. The number of nitrogens with one attached hydrogen (secondary N) is 1. The van der Waals surface area contributed by atoms with Crippen molar-refractivity contribution in [3.63, 3.8) is 0 Å². The topological polar surface area (TPSA) is 69.7 Å². The Balaban J connectivity index is 1.44. The van der Waals surface area contributed by atoms with E-state index >= 15 is 0 Å². The number of para-hydroxylation sites is 1. The fourth-order valence-corrected chi connectivity index (χ4v) is 4.83. The van der Waals surface area contributed by atoms with Crippen LogP contribution in [0.3, 0.4) is 0 Å². The fraction of sp³-hybridized carbons (Fsp3) is 0.381. The van der Waals surface area contributed by atoms with Gasteiger partial charge in [0.15, 0.2) is 0 Å². The molecule has 1 saturated heterocycles. The minimum atomic E-state index is -0.709. The minimum Gasteiger partial charge on any atom is -0.356 e. The molecule has 0 unspecified atom stereocenters. The second kappa shape index (κ2) is 7.39. The first kappa shape index (κ1) is 18.7. The maximum absolute atomic E-state index is 13.1. The SMILES string of the molecule is C[C@@]12CCC(=O)N1c1ccccc1C(=O)N2CCC(=O)NCCc1cccs1. The summed E-state index contributed by atoms with van der Waals surface area (Å²) >= 11 is 1.67. The van der Waals surface area contributed by atoms with Crippen LogP contribution >= 0.6 is 11.3 Å². The molecule has 3 heterocycles. The Morgan fingerprint density at radius 1 is 1.21 bits per heavy atom. The van der Waals surface area contributed by atoms with Gasteiger partial charge in [0, 0.05) is 30.8 Å². The zero-order chi connectivity index (χ0) is 19.7. The van der Waals surface area contributed by atoms with E-state index in [2.05, 4.69) is 5.32 Å². The number of thiophene rings is 1. The van der Waals surface area contributed by atoms with Crippen LogP contribution in [-0.2, 0) is 16.0 Å². The Morgan fingerprint density at radius 2 is 2.04 bits per heavy atom. The van der Waals surface area contributed by atoms with Gasteiger partial charge in [0.25, 0.3) is 5.91 Å². The van der Waals surface area contributed by atoms with Gasteiger partial charge in [0.2, 0.25) is 11.8 Å². The molecule has 4 rings (SSSR count). The van der Waals surface area contributed by atoms with E-state index in [0.717, 1.165) is 6.42 Å². The Labute approximate surface area is 168 Å². The van der Waals surface area contributed by atoms with E-state index in [4.69, 9.17) is 0 Å². The Morgan fingerprint density at radius 3 is 2.82 bits per heavy atom. The number of fused-ring (bicyclic) bond motifs is 3. The van der Waals surface area contributed by atoms with Crippen LogP contribution in [0.2, 0.25) is 0 Å². The third-order valence-electron chi connectivity index (χ3n) is 5.58. The summed E-state index contributed by atoms with van der Waals surface area (Å²) in [5, 5.41) is 4.94. The van der Waals surface area contributed by atoms with Crippen LogP contribution in [0.4, 0.5) is 5.69 Å². The second-order valence-corrected chi connectivity index (χ2v) is 8.38. The van der Waals surface area contributed by atoms with Gasteiger partial charge >= 0.3 is 0 Å². The zero-order valence-corrected chi connectivity index (χ0v) is 16.6. The van der Waals surface area contributed by atoms with Crippen molar-refractivity contribution >= 4 is 34.7 Å². The molecule has 2 aromatic rings. The maximum Gasteiger partial charge on any atom is 0.257 e. The second-order valence-electron chi connectivity index (χ2n) is 7.35. The maximum atomic E-state index is 13.1. The fourth-order valence-electron chi connectivity index (χ4n) is 4.12. The molecule has 0 bridgehead atoms. The van der Waals surface area contributed by atoms with Crippen molar-refractivity contribution in [2.75, 3.05) is 18.0 Å². The molecule has 146 valence electrons. The lowest BCUT2D eigenvalue weighted by molar-refractivity contribution is -0.121. The number of benzene rings is 1. The predicted octanol–water partition coefficient (Wildman–Crippen LogP) is 2.80. The molecule has 0 aliphatic carbocycles. The van der Waals surface area contributed by atoms with E-state index in [9.17, 15) is 14.4 Å². The van der Waals surface area contributed by atoms with Gasteiger partial charge in [0.05, 0.1) is 11.3 Å². The summed E-state index contributed by atoms with van der Waals surface area (Å²) in [6, 6.07) is 11.3. The highest BCUT2D eigenvalue weighted by Gasteiger charge is 2.52. The molecule has 7 heteroatoms.